The van der Waals surface area contributed by atoms with Crippen LogP contribution in [0.2, 0.25) is 0 Å². The van der Waals surface area contributed by atoms with Gasteiger partial charge in [0, 0.05) is 68.4 Å². The summed E-state index contributed by atoms with van der Waals surface area (Å²) in [5, 5.41) is 16.4. The van der Waals surface area contributed by atoms with Crippen molar-refractivity contribution in [3.63, 3.8) is 0 Å². The van der Waals surface area contributed by atoms with Crippen LogP contribution in [0.15, 0.2) is 184 Å². The van der Waals surface area contributed by atoms with Crippen LogP contribution in [0.25, 0.3) is 34.3 Å². The molecule has 4 saturated carbocycles. The standard InChI is InChI=1S/C24H22F2N4O2.C23H24N6O2.C21H21FN6O2.C21H22N6O2/c1-14-10-18(26)23(29-12-14)32-20-11-15-6-7-19(20)30(13-15)24(31)21-16(4-2-5-17(21)25)22-27-8-3-9-28-22;1-14-4-6-17(21(28-14)22-24-8-3-9-25-22)23(30)29-13-16-5-7-18(29)19(10-16)31-20-12-26-15(2)11-27-20;1-13-10-24-19(11-23-13)30-18-9-14-5-6-17(18)27(12-14)21(29)15-3-2-4-16(22)20(15)28-25-7-8-26-28;1-14-11-23-20(12-22-14)29-19-10-15-6-7-18(19)26(13-15)21(28)16-4-2-3-5-17(16)27-24-8-9-25-27/h2-5,8-10,12,15,19-20H,6-7,11,13H2,1H3;3-4,6,8-9,11-12,16,18-19H,5,7,10,13H2,1-2H3;2-4,7-8,10-11,14,17-18H,5-6,9,12H2,1H3;2-5,8-9,11-12,15,18-19H,6-7,10,13H2,1H3. The van der Waals surface area contributed by atoms with Crippen molar-refractivity contribution in [2.75, 3.05) is 26.2 Å². The lowest BCUT2D eigenvalue weighted by atomic mass is 9.77. The van der Waals surface area contributed by atoms with Gasteiger partial charge in [-0.1, -0.05) is 30.3 Å². The Balaban J connectivity index is 0.000000116. The van der Waals surface area contributed by atoms with Gasteiger partial charge in [-0.2, -0.15) is 25.2 Å². The summed E-state index contributed by atoms with van der Waals surface area (Å²) in [6.07, 6.45) is 34.4. The summed E-state index contributed by atoms with van der Waals surface area (Å²) < 4.78 is 68.3. The molecule has 3 aromatic carbocycles. The van der Waals surface area contributed by atoms with E-state index in [9.17, 15) is 32.3 Å². The van der Waals surface area contributed by atoms with Crippen LogP contribution in [0.1, 0.15) is 147 Å². The van der Waals surface area contributed by atoms with Crippen molar-refractivity contribution in [2.24, 2.45) is 23.7 Å². The van der Waals surface area contributed by atoms with E-state index in [0.29, 0.717) is 101 Å². The Morgan fingerprint density at radius 2 is 0.795 bits per heavy atom. The number of halogens is 3. The monoisotopic (exact) mass is 1650 g/mol. The lowest BCUT2D eigenvalue weighted by molar-refractivity contribution is -0.0328. The number of benzene rings is 3. The molecule has 12 atom stereocenters. The average molecular weight is 1650 g/mol. The quantitative estimate of drug-likeness (QED) is 0.0867. The first-order chi connectivity index (χ1) is 59.4. The molecule has 9 aromatic heterocycles. The number of rotatable bonds is 16. The molecule has 33 heteroatoms. The van der Waals surface area contributed by atoms with Crippen molar-refractivity contribution in [1.29, 1.82) is 0 Å². The Kier molecular flexibility index (Phi) is 23.8. The minimum Gasteiger partial charge on any atom is -0.471 e. The fourth-order valence-electron chi connectivity index (χ4n) is 18.2. The van der Waals surface area contributed by atoms with E-state index in [1.165, 1.54) is 47.5 Å². The predicted molar refractivity (Wildman–Crippen MR) is 436 cm³/mol. The number of aromatic nitrogens is 18. The Morgan fingerprint density at radius 3 is 1.28 bits per heavy atom. The molecule has 12 aliphatic rings. The smallest absolute Gasteiger partial charge is 0.257 e. The summed E-state index contributed by atoms with van der Waals surface area (Å²) in [6, 6.07) is 24.5. The van der Waals surface area contributed by atoms with E-state index in [1.807, 2.05) is 78.8 Å². The molecule has 17 heterocycles. The van der Waals surface area contributed by atoms with E-state index in [4.69, 9.17) is 18.9 Å². The average Bonchev–Trinajstić information content (AvgIpc) is 0.873. The summed E-state index contributed by atoms with van der Waals surface area (Å²) in [7, 11) is 0. The van der Waals surface area contributed by atoms with E-state index in [2.05, 4.69) is 80.2 Å². The highest BCUT2D eigenvalue weighted by Crippen LogP contribution is 2.44. The van der Waals surface area contributed by atoms with Gasteiger partial charge in [-0.05, 0) is 202 Å². The predicted octanol–water partition coefficient (Wildman–Crippen LogP) is 12.2. The van der Waals surface area contributed by atoms with Crippen molar-refractivity contribution in [3.05, 3.63) is 252 Å². The summed E-state index contributed by atoms with van der Waals surface area (Å²) in [5.41, 5.74) is 6.97. The second kappa shape index (κ2) is 35.8. The molecule has 4 amide bonds. The van der Waals surface area contributed by atoms with E-state index in [1.54, 1.807) is 117 Å². The number of pyridine rings is 2. The molecule has 12 fully saturated rings. The highest BCUT2D eigenvalue weighted by atomic mass is 19.1. The molecule has 8 saturated heterocycles. The molecule has 4 aliphatic carbocycles. The summed E-state index contributed by atoms with van der Waals surface area (Å²) >= 11 is 0. The highest BCUT2D eigenvalue weighted by molar-refractivity contribution is 6.02. The van der Waals surface area contributed by atoms with Crippen molar-refractivity contribution in [2.45, 2.75) is 160 Å². The number of nitrogens with zero attached hydrogens (tertiary/aromatic N) is 22. The van der Waals surface area contributed by atoms with Gasteiger partial charge in [0.1, 0.15) is 41.6 Å². The number of carbonyl (C=O) groups is 4. The minimum atomic E-state index is -0.620. The van der Waals surface area contributed by atoms with Gasteiger partial charge in [0.25, 0.3) is 29.5 Å². The van der Waals surface area contributed by atoms with Crippen molar-refractivity contribution in [1.82, 2.24) is 109 Å². The SMILES string of the molecule is Cc1cnc(OC2CC3CCC2N(C(=O)c2c(F)cccc2-c2ncccn2)C3)c(F)c1.Cc1cnc(OC2CC3CCC2N(C(=O)c2ccc(C)nc2-c2ncccn2)C3)cn1.Cc1cnc(OC2CC3CCC2N(C(=O)c2cccc(F)c2-n2nccn2)C3)cn1.Cc1cnc(OC2CC3CCC2N(C(=O)c2ccccc2-n2nccn2)C3)cn1. The van der Waals surface area contributed by atoms with Crippen molar-refractivity contribution < 1.29 is 51.3 Å². The number of para-hydroxylation sites is 2. The lowest BCUT2D eigenvalue weighted by Crippen LogP contribution is -2.59. The first-order valence-electron chi connectivity index (χ1n) is 41.2. The van der Waals surface area contributed by atoms with Crippen LogP contribution < -0.4 is 18.9 Å². The number of carbonyl (C=O) groups excluding carboxylic acids is 4. The fourth-order valence-corrected chi connectivity index (χ4v) is 18.2. The summed E-state index contributed by atoms with van der Waals surface area (Å²) in [4.78, 5) is 116. The number of amides is 4. The van der Waals surface area contributed by atoms with E-state index < -0.39 is 29.5 Å². The van der Waals surface area contributed by atoms with Gasteiger partial charge in [0.05, 0.1) is 131 Å². The topological polar surface area (TPSA) is 334 Å². The zero-order chi connectivity index (χ0) is 84.1. The van der Waals surface area contributed by atoms with Crippen LogP contribution in [-0.2, 0) is 0 Å². The number of hydrogen-bond donors (Lipinski definition) is 0. The first kappa shape index (κ1) is 80.9. The molecule has 8 bridgehead atoms. The molecular weight excluding hydrogens is 1560 g/mol. The van der Waals surface area contributed by atoms with Crippen molar-refractivity contribution >= 4 is 23.6 Å². The van der Waals surface area contributed by atoms with E-state index in [-0.39, 0.29) is 94.6 Å². The molecule has 624 valence electrons. The summed E-state index contributed by atoms with van der Waals surface area (Å²) in [5.74, 6) is 1.14. The third kappa shape index (κ3) is 17.6. The van der Waals surface area contributed by atoms with Gasteiger partial charge in [-0.25, -0.2) is 58.0 Å². The summed E-state index contributed by atoms with van der Waals surface area (Å²) in [6.45, 7) is 11.9. The minimum absolute atomic E-state index is 0.00381. The number of ether oxygens (including phenoxy) is 4. The van der Waals surface area contributed by atoms with Crippen LogP contribution >= 0.6 is 0 Å². The first-order valence-corrected chi connectivity index (χ1v) is 41.2. The second-order valence-corrected chi connectivity index (χ2v) is 32.2. The van der Waals surface area contributed by atoms with Gasteiger partial charge in [-0.15, -0.1) is 4.80 Å². The van der Waals surface area contributed by atoms with Gasteiger partial charge >= 0.3 is 0 Å². The maximum Gasteiger partial charge on any atom is 0.257 e. The number of aryl methyl sites for hydroxylation is 5. The molecule has 8 aliphatic heterocycles. The van der Waals surface area contributed by atoms with Crippen molar-refractivity contribution in [3.8, 4) is 57.8 Å². The zero-order valence-electron chi connectivity index (χ0n) is 67.8. The maximum atomic E-state index is 14.9. The maximum absolute atomic E-state index is 14.9. The van der Waals surface area contributed by atoms with E-state index >= 15 is 0 Å². The normalized spacial score (nSPS) is 22.6. The molecule has 30 nitrogen and oxygen atoms in total. The number of hydrogen-bond acceptors (Lipinski definition) is 24. The number of piperidine rings is 8. The van der Waals surface area contributed by atoms with E-state index in [0.717, 1.165) is 105 Å². The highest BCUT2D eigenvalue weighted by Gasteiger charge is 2.50. The molecular formula is C89H89F3N22O8. The van der Waals surface area contributed by atoms with Crippen LogP contribution in [0, 0.1) is 75.7 Å². The molecule has 122 heavy (non-hydrogen) atoms. The third-order valence-corrected chi connectivity index (χ3v) is 23.9. The Labute approximate surface area is 700 Å². The largest absolute Gasteiger partial charge is 0.471 e. The molecule has 0 radical (unpaired) electrons. The molecule has 12 unspecified atom stereocenters. The molecule has 24 rings (SSSR count). The third-order valence-electron chi connectivity index (χ3n) is 23.9. The van der Waals surface area contributed by atoms with Crippen LogP contribution in [0.4, 0.5) is 13.2 Å². The Hall–Kier alpha value is -13.5. The van der Waals surface area contributed by atoms with Crippen LogP contribution in [-0.4, -0.2) is 208 Å². The Bertz CT molecular complexity index is 5700. The molecule has 12 aromatic rings. The van der Waals surface area contributed by atoms with Crippen LogP contribution in [0.5, 0.6) is 23.5 Å². The number of fused-ring (bicyclic) bond motifs is 12. The zero-order valence-corrected chi connectivity index (χ0v) is 67.8. The van der Waals surface area contributed by atoms with Gasteiger partial charge < -0.3 is 38.5 Å². The fraction of sp³-hybridized carbons (Fsp3) is 0.371. The molecule has 0 N–H and O–H groups in total. The van der Waals surface area contributed by atoms with Gasteiger partial charge in [0.2, 0.25) is 17.6 Å². The van der Waals surface area contributed by atoms with Crippen LogP contribution in [0.3, 0.4) is 0 Å². The second-order valence-electron chi connectivity index (χ2n) is 32.2. The lowest BCUT2D eigenvalue weighted by Gasteiger charge is -2.49. The Morgan fingerprint density at radius 1 is 0.361 bits per heavy atom. The molecule has 0 spiro atoms. The van der Waals surface area contributed by atoms with Gasteiger partial charge in [-0.3, -0.25) is 34.1 Å². The van der Waals surface area contributed by atoms with Gasteiger partial charge in [0.15, 0.2) is 23.3 Å².